The van der Waals surface area contributed by atoms with Crippen LogP contribution >= 0.6 is 0 Å². The van der Waals surface area contributed by atoms with Gasteiger partial charge in [-0.05, 0) is 67.4 Å². The van der Waals surface area contributed by atoms with Crippen LogP contribution < -0.4 is 16.0 Å². The fourth-order valence-corrected chi connectivity index (χ4v) is 7.09. The predicted molar refractivity (Wildman–Crippen MR) is 163 cm³/mol. The number of hydrogen-bond donors (Lipinski definition) is 6. The van der Waals surface area contributed by atoms with Gasteiger partial charge in [0.05, 0.1) is 12.1 Å². The molecule has 2 unspecified atom stereocenters. The molecule has 10 heteroatoms. The second-order valence-electron chi connectivity index (χ2n) is 12.3. The van der Waals surface area contributed by atoms with Gasteiger partial charge < -0.3 is 31.1 Å². The predicted octanol–water partition coefficient (Wildman–Crippen LogP) is 4.05. The van der Waals surface area contributed by atoms with Gasteiger partial charge in [0.25, 0.3) is 0 Å². The Bertz CT molecular complexity index is 1400. The minimum absolute atomic E-state index is 0.000539. The van der Waals surface area contributed by atoms with E-state index in [0.717, 1.165) is 57.0 Å². The molecular weight excluding hydrogens is 548 g/mol. The minimum atomic E-state index is -0.875. The summed E-state index contributed by atoms with van der Waals surface area (Å²) in [5.41, 5.74) is 8.51. The molecule has 1 aromatic rings. The molecule has 3 aliphatic rings. The average Bonchev–Trinajstić information content (AvgIpc) is 3.59. The molecule has 5 atom stereocenters. The first-order valence-corrected chi connectivity index (χ1v) is 15.5. The molecule has 1 aromatic heterocycles. The highest BCUT2D eigenvalue weighted by Crippen LogP contribution is 2.37. The maximum Gasteiger partial charge on any atom is 0.303 e. The van der Waals surface area contributed by atoms with Crippen LogP contribution in [0, 0.1) is 24.7 Å². The number of allylic oxidation sites excluding steroid dienone is 2. The zero-order valence-corrected chi connectivity index (χ0v) is 26.1. The van der Waals surface area contributed by atoms with E-state index in [9.17, 15) is 29.4 Å². The second-order valence-corrected chi connectivity index (χ2v) is 12.3. The van der Waals surface area contributed by atoms with Gasteiger partial charge in [0, 0.05) is 65.9 Å². The smallest absolute Gasteiger partial charge is 0.303 e. The van der Waals surface area contributed by atoms with E-state index in [-0.39, 0.29) is 54.5 Å². The summed E-state index contributed by atoms with van der Waals surface area (Å²) < 4.78 is 0. The molecule has 1 fully saturated rings. The number of aromatic nitrogens is 1. The van der Waals surface area contributed by atoms with Gasteiger partial charge in [0.15, 0.2) is 0 Å². The summed E-state index contributed by atoms with van der Waals surface area (Å²) in [5.74, 6) is -1.67. The van der Waals surface area contributed by atoms with Crippen LogP contribution in [0.5, 0.6) is 0 Å². The van der Waals surface area contributed by atoms with E-state index < -0.39 is 11.9 Å². The number of aromatic amines is 1. The van der Waals surface area contributed by atoms with E-state index in [1.807, 2.05) is 27.7 Å². The molecule has 234 valence electrons. The van der Waals surface area contributed by atoms with Gasteiger partial charge in [0.2, 0.25) is 11.8 Å². The molecule has 43 heavy (non-hydrogen) atoms. The van der Waals surface area contributed by atoms with Crippen LogP contribution in [0.25, 0.3) is 0 Å². The number of rotatable bonds is 13. The fourth-order valence-electron chi connectivity index (χ4n) is 7.09. The van der Waals surface area contributed by atoms with Crippen molar-refractivity contribution < 1.29 is 29.4 Å². The first-order valence-electron chi connectivity index (χ1n) is 15.5. The Balaban J connectivity index is 1.67. The molecule has 3 aliphatic heterocycles. The van der Waals surface area contributed by atoms with Gasteiger partial charge in [-0.15, -0.1) is 0 Å². The Hall–Kier alpha value is -3.82. The van der Waals surface area contributed by atoms with Gasteiger partial charge in [-0.25, -0.2) is 0 Å². The number of nitrogens with one attached hydrogen (secondary N) is 4. The third-order valence-electron chi connectivity index (χ3n) is 9.79. The van der Waals surface area contributed by atoms with E-state index in [1.165, 1.54) is 0 Å². The molecule has 4 heterocycles. The first kappa shape index (κ1) is 32.1. The lowest BCUT2D eigenvalue weighted by atomic mass is 9.87. The molecule has 10 nitrogen and oxygen atoms in total. The third kappa shape index (κ3) is 6.73. The molecule has 0 radical (unpaired) electrons. The Labute approximate surface area is 253 Å². The fraction of sp³-hybridized carbons (Fsp3) is 0.576. The molecular formula is C33H46N4O6. The second kappa shape index (κ2) is 13.2. The molecule has 2 amide bonds. The number of aliphatic carboxylic acids is 2. The summed E-state index contributed by atoms with van der Waals surface area (Å²) in [4.78, 5) is 51.6. The SMILES string of the molecule is CCC1=C(C)C(Cc2[nH]c(CC3=C(CCC(=O)O)C(C)/C(=C\[C@H]4NC(=O)[C@H](C)[C@H]4CC)N3)c(CCC(=O)O)c2C)NC1=O. The topological polar surface area (TPSA) is 161 Å². The Kier molecular flexibility index (Phi) is 9.87. The first-order chi connectivity index (χ1) is 20.4. The van der Waals surface area contributed by atoms with Crippen LogP contribution in [0.4, 0.5) is 0 Å². The molecule has 6 N–H and O–H groups in total. The number of H-pyrrole nitrogens is 1. The summed E-state index contributed by atoms with van der Waals surface area (Å²) in [7, 11) is 0. The largest absolute Gasteiger partial charge is 0.481 e. The zero-order valence-electron chi connectivity index (χ0n) is 26.1. The Morgan fingerprint density at radius 2 is 1.63 bits per heavy atom. The summed E-state index contributed by atoms with van der Waals surface area (Å²) in [6.45, 7) is 12.1. The minimum Gasteiger partial charge on any atom is -0.481 e. The van der Waals surface area contributed by atoms with Crippen LogP contribution in [0.1, 0.15) is 89.2 Å². The lowest BCUT2D eigenvalue weighted by Gasteiger charge is -2.18. The van der Waals surface area contributed by atoms with Crippen molar-refractivity contribution >= 4 is 23.8 Å². The number of carboxylic acid groups (broad SMARTS) is 2. The van der Waals surface area contributed by atoms with Crippen LogP contribution in [0.2, 0.25) is 0 Å². The molecule has 0 bridgehead atoms. The normalized spacial score (nSPS) is 26.4. The Morgan fingerprint density at radius 1 is 0.953 bits per heavy atom. The Morgan fingerprint density at radius 3 is 2.23 bits per heavy atom. The van der Waals surface area contributed by atoms with E-state index in [1.54, 1.807) is 0 Å². The van der Waals surface area contributed by atoms with E-state index in [4.69, 9.17) is 0 Å². The van der Waals surface area contributed by atoms with Crippen molar-refractivity contribution in [2.75, 3.05) is 0 Å². The number of hydrogen-bond acceptors (Lipinski definition) is 5. The van der Waals surface area contributed by atoms with Crippen molar-refractivity contribution in [3.05, 3.63) is 56.7 Å². The van der Waals surface area contributed by atoms with Gasteiger partial charge in [0.1, 0.15) is 0 Å². The highest BCUT2D eigenvalue weighted by atomic mass is 16.4. The quantitative estimate of drug-likeness (QED) is 0.201. The van der Waals surface area contributed by atoms with Crippen molar-refractivity contribution in [2.24, 2.45) is 17.8 Å². The summed E-state index contributed by atoms with van der Waals surface area (Å²) in [6, 6.07) is -0.228. The van der Waals surface area contributed by atoms with Crippen LogP contribution in [0.3, 0.4) is 0 Å². The highest BCUT2D eigenvalue weighted by Gasteiger charge is 2.38. The standard InChI is InChI=1S/C33H46N4O6/c1-7-20-19(6)32(42)37-27(20)14-25-18(5)23(10-12-31(40)41)29(35-25)15-28-22(9-11-30(38)39)17(4)24(34-28)13-26-16(3)21(8-2)33(43)36-26/h14,18-20,26-27,34-35H,7-13,15H2,1-6H3,(H,36,43)(H,37,42)(H,38,39)(H,40,41)/b25-14+/t18?,19-,20-,26?,27-/m1/s1. The van der Waals surface area contributed by atoms with Crippen LogP contribution in [-0.2, 0) is 38.4 Å². The van der Waals surface area contributed by atoms with Crippen molar-refractivity contribution in [2.45, 2.75) is 105 Å². The third-order valence-corrected chi connectivity index (χ3v) is 9.79. The van der Waals surface area contributed by atoms with Crippen molar-refractivity contribution in [1.82, 2.24) is 20.9 Å². The monoisotopic (exact) mass is 594 g/mol. The van der Waals surface area contributed by atoms with Gasteiger partial charge in [-0.3, -0.25) is 19.2 Å². The molecule has 0 aromatic carbocycles. The van der Waals surface area contributed by atoms with Crippen LogP contribution in [0.15, 0.2) is 34.2 Å². The average molecular weight is 595 g/mol. The lowest BCUT2D eigenvalue weighted by molar-refractivity contribution is -0.138. The van der Waals surface area contributed by atoms with Crippen molar-refractivity contribution in [3.8, 4) is 0 Å². The summed E-state index contributed by atoms with van der Waals surface area (Å²) in [6.07, 6.45) is 5.39. The van der Waals surface area contributed by atoms with Gasteiger partial charge >= 0.3 is 11.9 Å². The zero-order chi connectivity index (χ0) is 31.6. The van der Waals surface area contributed by atoms with E-state index >= 15 is 0 Å². The highest BCUT2D eigenvalue weighted by molar-refractivity contribution is 5.97. The maximum absolute atomic E-state index is 12.5. The molecule has 4 rings (SSSR count). The molecule has 1 saturated heterocycles. The molecule has 0 saturated carbocycles. The van der Waals surface area contributed by atoms with Crippen molar-refractivity contribution in [1.29, 1.82) is 0 Å². The summed E-state index contributed by atoms with van der Waals surface area (Å²) >= 11 is 0. The van der Waals surface area contributed by atoms with E-state index in [2.05, 4.69) is 40.9 Å². The van der Waals surface area contributed by atoms with Crippen molar-refractivity contribution in [3.63, 3.8) is 0 Å². The van der Waals surface area contributed by atoms with E-state index in [0.29, 0.717) is 32.1 Å². The molecule has 0 spiro atoms. The lowest BCUT2D eigenvalue weighted by Crippen LogP contribution is -2.30. The number of carbonyl (C=O) groups excluding carboxylic acids is 2. The summed E-state index contributed by atoms with van der Waals surface area (Å²) in [5, 5.41) is 28.7. The number of carbonyl (C=O) groups is 4. The molecule has 0 aliphatic carbocycles. The number of carboxylic acids is 2. The van der Waals surface area contributed by atoms with Gasteiger partial charge in [-0.1, -0.05) is 34.1 Å². The maximum atomic E-state index is 12.5. The number of amides is 2. The van der Waals surface area contributed by atoms with Crippen LogP contribution in [-0.4, -0.2) is 51.0 Å². The van der Waals surface area contributed by atoms with Gasteiger partial charge in [-0.2, -0.15) is 0 Å².